The molecule has 2 fully saturated rings. The van der Waals surface area contributed by atoms with Crippen LogP contribution in [-0.2, 0) is 11.3 Å². The molecule has 158 valence electrons. The van der Waals surface area contributed by atoms with Crippen molar-refractivity contribution < 1.29 is 9.59 Å². The van der Waals surface area contributed by atoms with Crippen LogP contribution in [0.1, 0.15) is 35.2 Å². The Balaban J connectivity index is 1.26. The number of piperidine rings is 1. The zero-order chi connectivity index (χ0) is 20.8. The summed E-state index contributed by atoms with van der Waals surface area (Å²) in [6.07, 6.45) is 6.22. The van der Waals surface area contributed by atoms with E-state index >= 15 is 0 Å². The molecule has 2 saturated heterocycles. The van der Waals surface area contributed by atoms with Crippen LogP contribution in [0.2, 0.25) is 0 Å². The molecule has 0 saturated carbocycles. The molecule has 1 aromatic heterocycles. The maximum absolute atomic E-state index is 13.1. The van der Waals surface area contributed by atoms with Crippen LogP contribution in [0.3, 0.4) is 0 Å². The van der Waals surface area contributed by atoms with Crippen LogP contribution in [0, 0.1) is 5.92 Å². The quantitative estimate of drug-likeness (QED) is 0.783. The molecule has 0 radical (unpaired) electrons. The minimum atomic E-state index is 0.0368. The van der Waals surface area contributed by atoms with Crippen LogP contribution in [0.25, 0.3) is 0 Å². The van der Waals surface area contributed by atoms with Crippen LogP contribution in [0.4, 0.5) is 0 Å². The molecule has 1 aromatic carbocycles. The number of hydrogen-bond donors (Lipinski definition) is 0. The Morgan fingerprint density at radius 2 is 1.67 bits per heavy atom. The van der Waals surface area contributed by atoms with Gasteiger partial charge in [0.05, 0.1) is 0 Å². The second-order valence-corrected chi connectivity index (χ2v) is 8.25. The van der Waals surface area contributed by atoms with Gasteiger partial charge in [0.25, 0.3) is 5.91 Å². The Hall–Kier alpha value is -2.73. The van der Waals surface area contributed by atoms with Crippen LogP contribution in [0.15, 0.2) is 54.9 Å². The summed E-state index contributed by atoms with van der Waals surface area (Å²) >= 11 is 0. The Morgan fingerprint density at radius 1 is 0.867 bits per heavy atom. The Bertz CT molecular complexity index is 835. The Labute approximate surface area is 178 Å². The summed E-state index contributed by atoms with van der Waals surface area (Å²) in [6.45, 7) is 5.70. The van der Waals surface area contributed by atoms with Crippen LogP contribution < -0.4 is 0 Å². The molecule has 0 spiro atoms. The molecule has 0 aliphatic carbocycles. The zero-order valence-corrected chi connectivity index (χ0v) is 17.4. The highest BCUT2D eigenvalue weighted by molar-refractivity contribution is 5.94. The summed E-state index contributed by atoms with van der Waals surface area (Å²) < 4.78 is 0. The Morgan fingerprint density at radius 3 is 2.40 bits per heavy atom. The first-order chi connectivity index (χ1) is 14.7. The van der Waals surface area contributed by atoms with Crippen molar-refractivity contribution in [2.24, 2.45) is 5.92 Å². The summed E-state index contributed by atoms with van der Waals surface area (Å²) in [5, 5.41) is 0. The number of carbonyl (C=O) groups is 2. The minimum absolute atomic E-state index is 0.0368. The number of carbonyl (C=O) groups excluding carboxylic acids is 2. The van der Waals surface area contributed by atoms with Crippen molar-refractivity contribution in [1.29, 1.82) is 0 Å². The molecule has 3 heterocycles. The van der Waals surface area contributed by atoms with Crippen molar-refractivity contribution in [2.75, 3.05) is 39.3 Å². The van der Waals surface area contributed by atoms with Gasteiger partial charge in [0, 0.05) is 69.7 Å². The van der Waals surface area contributed by atoms with Crippen molar-refractivity contribution >= 4 is 11.8 Å². The van der Waals surface area contributed by atoms with E-state index in [2.05, 4.69) is 16.0 Å². The predicted octanol–water partition coefficient (Wildman–Crippen LogP) is 2.67. The lowest BCUT2D eigenvalue weighted by molar-refractivity contribution is -0.136. The molecule has 0 atom stereocenters. The number of amides is 2. The summed E-state index contributed by atoms with van der Waals surface area (Å²) in [4.78, 5) is 36.3. The number of nitrogens with zero attached hydrogens (tertiary/aromatic N) is 4. The third-order valence-corrected chi connectivity index (χ3v) is 6.18. The fourth-order valence-electron chi connectivity index (χ4n) is 4.45. The van der Waals surface area contributed by atoms with E-state index in [0.29, 0.717) is 13.1 Å². The van der Waals surface area contributed by atoms with Gasteiger partial charge in [-0.1, -0.05) is 24.3 Å². The molecule has 30 heavy (non-hydrogen) atoms. The van der Waals surface area contributed by atoms with Gasteiger partial charge in [-0.3, -0.25) is 19.5 Å². The number of hydrogen-bond acceptors (Lipinski definition) is 4. The highest BCUT2D eigenvalue weighted by Gasteiger charge is 2.31. The summed E-state index contributed by atoms with van der Waals surface area (Å²) in [5.74, 6) is 0.377. The van der Waals surface area contributed by atoms with Crippen LogP contribution in [0.5, 0.6) is 0 Å². The molecule has 0 N–H and O–H groups in total. The van der Waals surface area contributed by atoms with Gasteiger partial charge in [0.15, 0.2) is 0 Å². The van der Waals surface area contributed by atoms with E-state index in [9.17, 15) is 9.59 Å². The first-order valence-corrected chi connectivity index (χ1v) is 10.9. The maximum atomic E-state index is 13.1. The number of aromatic nitrogens is 1. The van der Waals surface area contributed by atoms with Crippen molar-refractivity contribution in [3.63, 3.8) is 0 Å². The van der Waals surface area contributed by atoms with Crippen molar-refractivity contribution in [3.8, 4) is 0 Å². The zero-order valence-electron chi connectivity index (χ0n) is 17.4. The van der Waals surface area contributed by atoms with Gasteiger partial charge in [0.2, 0.25) is 5.91 Å². The van der Waals surface area contributed by atoms with Crippen LogP contribution >= 0.6 is 0 Å². The number of likely N-dealkylation sites (tertiary alicyclic amines) is 1. The molecule has 6 heteroatoms. The Kier molecular flexibility index (Phi) is 6.74. The lowest BCUT2D eigenvalue weighted by Crippen LogP contribution is -2.45. The number of rotatable bonds is 4. The highest BCUT2D eigenvalue weighted by Crippen LogP contribution is 2.22. The van der Waals surface area contributed by atoms with Crippen LogP contribution in [-0.4, -0.2) is 70.8 Å². The lowest BCUT2D eigenvalue weighted by Gasteiger charge is -2.34. The normalized spacial score (nSPS) is 18.8. The molecule has 2 amide bonds. The van der Waals surface area contributed by atoms with E-state index < -0.39 is 0 Å². The van der Waals surface area contributed by atoms with E-state index in [4.69, 9.17) is 0 Å². The van der Waals surface area contributed by atoms with Crippen molar-refractivity contribution in [2.45, 2.75) is 25.8 Å². The number of benzene rings is 1. The minimum Gasteiger partial charge on any atom is -0.341 e. The van der Waals surface area contributed by atoms with Gasteiger partial charge in [-0.2, -0.15) is 0 Å². The third kappa shape index (κ3) is 5.05. The molecule has 0 bridgehead atoms. The van der Waals surface area contributed by atoms with Gasteiger partial charge in [-0.25, -0.2) is 0 Å². The van der Waals surface area contributed by atoms with E-state index in [1.165, 1.54) is 5.56 Å². The molecular weight excluding hydrogens is 376 g/mol. The maximum Gasteiger partial charge on any atom is 0.253 e. The standard InChI is InChI=1S/C24H30N4O2/c29-23(21-7-2-1-3-8-21)28-14-9-22(10-15-28)24(30)27-13-5-12-26(16-17-27)19-20-6-4-11-25-18-20/h1-4,6-8,11,18,22H,5,9-10,12-17,19H2. The monoisotopic (exact) mass is 406 g/mol. The molecular formula is C24H30N4O2. The summed E-state index contributed by atoms with van der Waals surface area (Å²) in [7, 11) is 0. The van der Waals surface area contributed by atoms with E-state index in [1.54, 1.807) is 6.20 Å². The van der Waals surface area contributed by atoms with E-state index in [0.717, 1.165) is 57.5 Å². The first-order valence-electron chi connectivity index (χ1n) is 10.9. The predicted molar refractivity (Wildman–Crippen MR) is 116 cm³/mol. The van der Waals surface area contributed by atoms with Gasteiger partial charge in [-0.05, 0) is 43.0 Å². The van der Waals surface area contributed by atoms with E-state index in [1.807, 2.05) is 52.4 Å². The fraction of sp³-hybridized carbons (Fsp3) is 0.458. The second kappa shape index (κ2) is 9.85. The lowest BCUT2D eigenvalue weighted by atomic mass is 9.94. The summed E-state index contributed by atoms with van der Waals surface area (Å²) in [6, 6.07) is 13.5. The number of pyridine rings is 1. The highest BCUT2D eigenvalue weighted by atomic mass is 16.2. The molecule has 6 nitrogen and oxygen atoms in total. The van der Waals surface area contributed by atoms with Crippen molar-refractivity contribution in [3.05, 3.63) is 66.0 Å². The van der Waals surface area contributed by atoms with Gasteiger partial charge in [0.1, 0.15) is 0 Å². The first kappa shape index (κ1) is 20.5. The van der Waals surface area contributed by atoms with Crippen molar-refractivity contribution in [1.82, 2.24) is 19.7 Å². The molecule has 2 aliphatic heterocycles. The molecule has 2 aliphatic rings. The SMILES string of the molecule is O=C(c1ccccc1)N1CCC(C(=O)N2CCCN(Cc3cccnc3)CC2)CC1. The average molecular weight is 407 g/mol. The molecule has 0 unspecified atom stereocenters. The van der Waals surface area contributed by atoms with Gasteiger partial charge >= 0.3 is 0 Å². The fourth-order valence-corrected chi connectivity index (χ4v) is 4.45. The molecule has 2 aromatic rings. The topological polar surface area (TPSA) is 56.8 Å². The largest absolute Gasteiger partial charge is 0.341 e. The summed E-state index contributed by atoms with van der Waals surface area (Å²) in [5.41, 5.74) is 1.94. The van der Waals surface area contributed by atoms with E-state index in [-0.39, 0.29) is 17.7 Å². The average Bonchev–Trinajstić information content (AvgIpc) is 3.05. The van der Waals surface area contributed by atoms with Gasteiger partial charge < -0.3 is 9.80 Å². The molecule has 4 rings (SSSR count). The second-order valence-electron chi connectivity index (χ2n) is 8.25. The smallest absolute Gasteiger partial charge is 0.253 e. The van der Waals surface area contributed by atoms with Gasteiger partial charge in [-0.15, -0.1) is 0 Å². The third-order valence-electron chi connectivity index (χ3n) is 6.18.